The Bertz CT molecular complexity index is 3150. The topological polar surface area (TPSA) is 303 Å². The molecule has 0 saturated carbocycles. The number of allylic oxidation sites excluding steroid dienone is 2. The highest BCUT2D eigenvalue weighted by Crippen LogP contribution is 2.37. The maximum atomic E-state index is 13.9. The molecular formula is C47H55N13O10. The van der Waals surface area contributed by atoms with E-state index in [4.69, 9.17) is 50.5 Å². The van der Waals surface area contributed by atoms with Gasteiger partial charge in [-0.15, -0.1) is 0 Å². The van der Waals surface area contributed by atoms with Gasteiger partial charge in [0.1, 0.15) is 40.1 Å². The second-order valence-electron chi connectivity index (χ2n) is 16.2. The Morgan fingerprint density at radius 1 is 0.771 bits per heavy atom. The monoisotopic (exact) mass is 961 g/mol. The van der Waals surface area contributed by atoms with Gasteiger partial charge in [0, 0.05) is 80.8 Å². The predicted molar refractivity (Wildman–Crippen MR) is 257 cm³/mol. The van der Waals surface area contributed by atoms with Crippen LogP contribution >= 0.6 is 0 Å². The Balaban J connectivity index is 1.29. The number of nitrogens with two attached hydrogens (primary N) is 2. The van der Waals surface area contributed by atoms with Gasteiger partial charge in [0.05, 0.1) is 42.2 Å². The summed E-state index contributed by atoms with van der Waals surface area (Å²) in [5, 5.41) is 24.6. The highest BCUT2D eigenvalue weighted by molar-refractivity contribution is 6.12. The highest BCUT2D eigenvalue weighted by Gasteiger charge is 2.24. The maximum absolute atomic E-state index is 13.9. The summed E-state index contributed by atoms with van der Waals surface area (Å²) in [4.78, 5) is 77.1. The molecule has 5 aromatic heterocycles. The molecule has 2 aromatic carbocycles. The minimum Gasteiger partial charge on any atom is -0.491 e. The highest BCUT2D eigenvalue weighted by atomic mass is 16.6. The van der Waals surface area contributed by atoms with Crippen molar-refractivity contribution in [2.24, 2.45) is 11.5 Å². The van der Waals surface area contributed by atoms with E-state index in [1.807, 2.05) is 48.2 Å². The molecule has 0 bridgehead atoms. The van der Waals surface area contributed by atoms with E-state index in [1.54, 1.807) is 47.7 Å². The molecule has 0 aliphatic heterocycles. The van der Waals surface area contributed by atoms with Crippen LogP contribution < -0.4 is 31.6 Å². The van der Waals surface area contributed by atoms with Gasteiger partial charge in [-0.2, -0.15) is 10.2 Å². The maximum Gasteiger partial charge on any atom is 0.407 e. The van der Waals surface area contributed by atoms with Crippen molar-refractivity contribution >= 4 is 68.7 Å². The lowest BCUT2D eigenvalue weighted by atomic mass is 10.1. The Labute approximate surface area is 400 Å². The van der Waals surface area contributed by atoms with Gasteiger partial charge in [-0.05, 0) is 71.0 Å². The summed E-state index contributed by atoms with van der Waals surface area (Å²) in [6, 6.07) is 8.70. The number of benzene rings is 2. The molecular weight excluding hydrogens is 907 g/mol. The van der Waals surface area contributed by atoms with E-state index < -0.39 is 35.8 Å². The number of hydrogen-bond acceptors (Lipinski definition) is 14. The fourth-order valence-electron chi connectivity index (χ4n) is 7.81. The molecule has 368 valence electrons. The predicted octanol–water partition coefficient (Wildman–Crippen LogP) is 4.74. The van der Waals surface area contributed by atoms with Gasteiger partial charge in [-0.1, -0.05) is 12.2 Å². The third-order valence-electron chi connectivity index (χ3n) is 11.1. The summed E-state index contributed by atoms with van der Waals surface area (Å²) in [6.45, 7) is 10.8. The van der Waals surface area contributed by atoms with Crippen LogP contribution in [0.4, 0.5) is 10.7 Å². The van der Waals surface area contributed by atoms with Crippen LogP contribution in [0.3, 0.4) is 0 Å². The summed E-state index contributed by atoms with van der Waals surface area (Å²) >= 11 is 0. The number of anilines is 1. The number of alkyl carbamates (subject to hydrolysis) is 1. The Kier molecular flexibility index (Phi) is 15.4. The van der Waals surface area contributed by atoms with Gasteiger partial charge in [-0.3, -0.25) is 33.9 Å². The number of hydrogen-bond donors (Lipinski definition) is 5. The molecule has 1 atom stereocenters. The summed E-state index contributed by atoms with van der Waals surface area (Å²) in [5.74, 6) is -1.93. The summed E-state index contributed by atoms with van der Waals surface area (Å²) < 4.78 is 30.0. The van der Waals surface area contributed by atoms with E-state index >= 15 is 0 Å². The van der Waals surface area contributed by atoms with Gasteiger partial charge in [-0.25, -0.2) is 19.7 Å². The molecule has 0 aliphatic rings. The number of amides is 4. The molecule has 5 heterocycles. The van der Waals surface area contributed by atoms with Gasteiger partial charge >= 0.3 is 12.1 Å². The van der Waals surface area contributed by atoms with Crippen molar-refractivity contribution in [1.29, 1.82) is 0 Å². The van der Waals surface area contributed by atoms with Crippen LogP contribution in [-0.2, 0) is 40.4 Å². The van der Waals surface area contributed by atoms with E-state index in [0.29, 0.717) is 76.5 Å². The Morgan fingerprint density at radius 2 is 1.40 bits per heavy atom. The van der Waals surface area contributed by atoms with Crippen molar-refractivity contribution < 1.29 is 48.0 Å². The molecule has 0 spiro atoms. The zero-order valence-electron chi connectivity index (χ0n) is 39.6. The second kappa shape index (κ2) is 21.7. The van der Waals surface area contributed by atoms with E-state index in [2.05, 4.69) is 20.8 Å². The zero-order valence-corrected chi connectivity index (χ0v) is 39.6. The van der Waals surface area contributed by atoms with Crippen molar-refractivity contribution in [2.45, 2.75) is 79.7 Å². The number of primary amides is 2. The number of carbonyl (C=O) groups excluding carboxylic acids is 4. The van der Waals surface area contributed by atoms with Gasteiger partial charge in [0.25, 0.3) is 5.91 Å². The molecule has 0 aliphatic carbocycles. The molecule has 0 radical (unpaired) electrons. The van der Waals surface area contributed by atoms with Crippen molar-refractivity contribution in [2.75, 3.05) is 38.9 Å². The molecule has 70 heavy (non-hydrogen) atoms. The standard InChI is InChI=1S/C47H55N13O10/c1-7-59-34(19-26(3)55-59)42-50-25-32-31-21-29(40(48)61)23-36(68-16-11-15-67-6)38(31)57(43(32)53-42)13-9-10-14-58-39-33(52-46(58)54-44(63)35-20-27(4)56-60(35)8-2)22-30(41(49)62)24-37(39)69-17-12-18-70-47(66)51-28(5)45(64)65/h9-10,19-25,28H,7-8,11-18H2,1-6H3,(H2,48,61)(H2,49,62)(H,51,66)(H,64,65)(H,52,54,63). The number of aromatic nitrogens is 9. The molecule has 7 N–H and O–H groups in total. The molecule has 7 rings (SSSR count). The third-order valence-corrected chi connectivity index (χ3v) is 11.1. The van der Waals surface area contributed by atoms with E-state index in [1.165, 1.54) is 19.1 Å². The van der Waals surface area contributed by atoms with Crippen LogP contribution in [0.15, 0.2) is 54.7 Å². The van der Waals surface area contributed by atoms with Crippen molar-refractivity contribution in [3.8, 4) is 23.0 Å². The molecule has 23 heteroatoms. The quantitative estimate of drug-likeness (QED) is 0.0427. The SMILES string of the molecule is CCn1nc(C)cc1C(=O)Nc1nc2cc(C(N)=O)cc(OCCCOC(=O)NC(C)C(=O)O)c2n1CC=CCn1c2nc(-c3cc(C)nn3CC)ncc2c2cc(C(N)=O)cc(OCCCOC)c21. The first-order valence-electron chi connectivity index (χ1n) is 22.5. The Hall–Kier alpha value is -8.34. The van der Waals surface area contributed by atoms with Crippen LogP contribution in [-0.4, -0.2) is 118 Å². The van der Waals surface area contributed by atoms with E-state index in [-0.39, 0.29) is 67.7 Å². The van der Waals surface area contributed by atoms with Crippen LogP contribution in [0.5, 0.6) is 11.5 Å². The number of methoxy groups -OCH3 is 1. The van der Waals surface area contributed by atoms with Gasteiger partial charge < -0.3 is 50.0 Å². The lowest BCUT2D eigenvalue weighted by molar-refractivity contribution is -0.138. The number of carboxylic acids is 1. The molecule has 7 aromatic rings. The third kappa shape index (κ3) is 10.8. The number of aryl methyl sites for hydroxylation is 4. The number of imidazole rings is 1. The average Bonchev–Trinajstić information content (AvgIpc) is 4.09. The van der Waals surface area contributed by atoms with Crippen molar-refractivity contribution in [3.05, 3.63) is 83.0 Å². The number of rotatable bonds is 23. The summed E-state index contributed by atoms with van der Waals surface area (Å²) in [5.41, 5.74) is 16.3. The number of nitrogens with zero attached hydrogens (tertiary/aromatic N) is 9. The van der Waals surface area contributed by atoms with Crippen molar-refractivity contribution in [3.63, 3.8) is 0 Å². The van der Waals surface area contributed by atoms with Crippen LogP contribution in [0, 0.1) is 13.8 Å². The smallest absolute Gasteiger partial charge is 0.407 e. The first-order chi connectivity index (χ1) is 33.6. The Morgan fingerprint density at radius 3 is 2.06 bits per heavy atom. The molecule has 4 amide bonds. The normalized spacial score (nSPS) is 12.0. The largest absolute Gasteiger partial charge is 0.491 e. The second-order valence-corrected chi connectivity index (χ2v) is 16.2. The number of ether oxygens (including phenoxy) is 4. The fourth-order valence-corrected chi connectivity index (χ4v) is 7.81. The number of nitrogens with one attached hydrogen (secondary N) is 2. The fraction of sp³-hybridized carbons (Fsp3) is 0.362. The minimum atomic E-state index is -1.22. The first kappa shape index (κ1) is 49.6. The number of fused-ring (bicyclic) bond motifs is 4. The van der Waals surface area contributed by atoms with Crippen LogP contribution in [0.2, 0.25) is 0 Å². The first-order valence-corrected chi connectivity index (χ1v) is 22.5. The average molecular weight is 962 g/mol. The minimum absolute atomic E-state index is 0.0136. The lowest BCUT2D eigenvalue weighted by Crippen LogP contribution is -2.38. The number of carbonyl (C=O) groups is 5. The number of carboxylic acid groups (broad SMARTS) is 1. The molecule has 0 fully saturated rings. The number of aliphatic carboxylic acids is 1. The summed E-state index contributed by atoms with van der Waals surface area (Å²) in [7, 11) is 1.60. The zero-order chi connectivity index (χ0) is 50.2. The molecule has 1 unspecified atom stereocenters. The van der Waals surface area contributed by atoms with Gasteiger partial charge in [0.2, 0.25) is 17.8 Å². The lowest BCUT2D eigenvalue weighted by Gasteiger charge is -2.14. The molecule has 0 saturated heterocycles. The van der Waals surface area contributed by atoms with E-state index in [0.717, 1.165) is 11.4 Å². The van der Waals surface area contributed by atoms with Crippen molar-refractivity contribution in [1.82, 2.24) is 49.0 Å². The van der Waals surface area contributed by atoms with Crippen LogP contribution in [0.1, 0.15) is 76.2 Å². The van der Waals surface area contributed by atoms with E-state index in [9.17, 15) is 24.0 Å². The summed E-state index contributed by atoms with van der Waals surface area (Å²) in [6.07, 6.45) is 5.32. The molecule has 23 nitrogen and oxygen atoms in total. The van der Waals surface area contributed by atoms with Gasteiger partial charge in [0.15, 0.2) is 5.82 Å². The van der Waals surface area contributed by atoms with Crippen LogP contribution in [0.25, 0.3) is 44.5 Å².